The van der Waals surface area contributed by atoms with Crippen LogP contribution >= 0.6 is 0 Å². The summed E-state index contributed by atoms with van der Waals surface area (Å²) in [7, 11) is 3.20. The van der Waals surface area contributed by atoms with Crippen LogP contribution in [0.15, 0.2) is 91.4 Å². The van der Waals surface area contributed by atoms with E-state index in [4.69, 9.17) is 24.9 Å². The Hall–Kier alpha value is -5.64. The van der Waals surface area contributed by atoms with Gasteiger partial charge in [0.2, 0.25) is 0 Å². The van der Waals surface area contributed by atoms with Gasteiger partial charge in [0.1, 0.15) is 35.6 Å². The maximum atomic E-state index is 15.7. The number of benzene rings is 3. The SMILES string of the molecule is CCc1c(-c2ncc(N)cc2OC)n(-c2ccc(OCc3ccccc3)c(F)c2)c2c(NCc3ccc(OC)cc3)ncnc12. The number of hydrogen-bond donors (Lipinski definition) is 2. The van der Waals surface area contributed by atoms with Crippen LogP contribution in [0.5, 0.6) is 17.2 Å². The maximum absolute atomic E-state index is 15.7. The van der Waals surface area contributed by atoms with E-state index in [0.717, 1.165) is 22.4 Å². The Labute approximate surface area is 260 Å². The van der Waals surface area contributed by atoms with Gasteiger partial charge in [-0.3, -0.25) is 0 Å². The smallest absolute Gasteiger partial charge is 0.167 e. The zero-order valence-corrected chi connectivity index (χ0v) is 25.3. The van der Waals surface area contributed by atoms with E-state index in [1.54, 1.807) is 32.5 Å². The summed E-state index contributed by atoms with van der Waals surface area (Å²) in [5, 5.41) is 3.47. The van der Waals surface area contributed by atoms with E-state index in [1.807, 2.05) is 72.2 Å². The van der Waals surface area contributed by atoms with Crippen molar-refractivity contribution in [3.63, 3.8) is 0 Å². The molecular weight excluding hydrogens is 571 g/mol. The number of anilines is 2. The number of hydrogen-bond acceptors (Lipinski definition) is 8. The van der Waals surface area contributed by atoms with Gasteiger partial charge in [0.25, 0.3) is 0 Å². The second-order valence-corrected chi connectivity index (χ2v) is 10.3. The van der Waals surface area contributed by atoms with Gasteiger partial charge in [-0.2, -0.15) is 0 Å². The number of ether oxygens (including phenoxy) is 3. The van der Waals surface area contributed by atoms with Crippen molar-refractivity contribution >= 4 is 22.5 Å². The Kier molecular flexibility index (Phi) is 8.45. The Morgan fingerprint density at radius 3 is 2.38 bits per heavy atom. The highest BCUT2D eigenvalue weighted by Crippen LogP contribution is 2.41. The second kappa shape index (κ2) is 12.9. The lowest BCUT2D eigenvalue weighted by molar-refractivity contribution is 0.290. The molecule has 0 saturated carbocycles. The molecule has 0 fully saturated rings. The number of halogens is 1. The van der Waals surface area contributed by atoms with Gasteiger partial charge in [-0.15, -0.1) is 0 Å². The molecule has 0 bridgehead atoms. The Morgan fingerprint density at radius 1 is 0.867 bits per heavy atom. The summed E-state index contributed by atoms with van der Waals surface area (Å²) in [6.45, 7) is 2.77. The van der Waals surface area contributed by atoms with Gasteiger partial charge >= 0.3 is 0 Å². The summed E-state index contributed by atoms with van der Waals surface area (Å²) < 4.78 is 34.5. The topological polar surface area (TPSA) is 109 Å². The first-order chi connectivity index (χ1) is 22.0. The molecule has 0 aliphatic heterocycles. The summed E-state index contributed by atoms with van der Waals surface area (Å²) in [5.41, 5.74) is 12.6. The molecule has 228 valence electrons. The molecule has 0 unspecified atom stereocenters. The minimum atomic E-state index is -0.504. The predicted molar refractivity (Wildman–Crippen MR) is 173 cm³/mol. The van der Waals surface area contributed by atoms with Crippen molar-refractivity contribution in [2.45, 2.75) is 26.5 Å². The first kappa shape index (κ1) is 29.4. The van der Waals surface area contributed by atoms with Crippen LogP contribution in [0, 0.1) is 5.82 Å². The van der Waals surface area contributed by atoms with Crippen molar-refractivity contribution in [3.05, 3.63) is 114 Å². The Bertz CT molecular complexity index is 1940. The fourth-order valence-corrected chi connectivity index (χ4v) is 5.35. The molecule has 0 spiro atoms. The molecule has 9 nitrogen and oxygen atoms in total. The zero-order chi connectivity index (χ0) is 31.3. The van der Waals surface area contributed by atoms with Crippen LogP contribution in [0.25, 0.3) is 28.1 Å². The molecule has 45 heavy (non-hydrogen) atoms. The normalized spacial score (nSPS) is 11.0. The number of aromatic nitrogens is 4. The van der Waals surface area contributed by atoms with Gasteiger partial charge in [-0.1, -0.05) is 49.4 Å². The van der Waals surface area contributed by atoms with Gasteiger partial charge in [0.15, 0.2) is 17.4 Å². The number of rotatable bonds is 11. The Balaban J connectivity index is 1.50. The van der Waals surface area contributed by atoms with Crippen LogP contribution in [0.3, 0.4) is 0 Å². The summed E-state index contributed by atoms with van der Waals surface area (Å²) >= 11 is 0. The largest absolute Gasteiger partial charge is 0.497 e. The molecule has 3 aromatic heterocycles. The van der Waals surface area contributed by atoms with Crippen molar-refractivity contribution in [2.75, 3.05) is 25.3 Å². The average Bonchev–Trinajstić information content (AvgIpc) is 3.42. The fraction of sp³-hybridized carbons (Fsp3) is 0.171. The van der Waals surface area contributed by atoms with Gasteiger partial charge in [-0.05, 0) is 41.8 Å². The lowest BCUT2D eigenvalue weighted by Crippen LogP contribution is -2.07. The minimum Gasteiger partial charge on any atom is -0.497 e. The van der Waals surface area contributed by atoms with Crippen LogP contribution in [0.2, 0.25) is 0 Å². The summed E-state index contributed by atoms with van der Waals surface area (Å²) in [6, 6.07) is 24.0. The molecule has 6 rings (SSSR count). The molecule has 3 heterocycles. The van der Waals surface area contributed by atoms with Crippen LogP contribution in [-0.2, 0) is 19.6 Å². The van der Waals surface area contributed by atoms with Crippen LogP contribution < -0.4 is 25.3 Å². The van der Waals surface area contributed by atoms with Crippen molar-refractivity contribution in [1.82, 2.24) is 19.5 Å². The van der Waals surface area contributed by atoms with E-state index in [2.05, 4.69) is 15.3 Å². The van der Waals surface area contributed by atoms with Crippen LogP contribution in [0.1, 0.15) is 23.6 Å². The van der Waals surface area contributed by atoms with Gasteiger partial charge in [0, 0.05) is 29.9 Å². The highest BCUT2D eigenvalue weighted by molar-refractivity contribution is 5.97. The molecule has 6 aromatic rings. The number of aryl methyl sites for hydroxylation is 1. The molecule has 3 N–H and O–H groups in total. The summed E-state index contributed by atoms with van der Waals surface area (Å²) in [5.74, 6) is 1.48. The molecule has 0 aliphatic carbocycles. The number of nitrogen functional groups attached to an aromatic ring is 1. The molecule has 10 heteroatoms. The fourth-order valence-electron chi connectivity index (χ4n) is 5.35. The van der Waals surface area contributed by atoms with Crippen LogP contribution in [0.4, 0.5) is 15.9 Å². The van der Waals surface area contributed by atoms with E-state index in [-0.39, 0.29) is 12.4 Å². The number of pyridine rings is 1. The Morgan fingerprint density at radius 2 is 1.67 bits per heavy atom. The lowest BCUT2D eigenvalue weighted by atomic mass is 10.1. The number of fused-ring (bicyclic) bond motifs is 1. The minimum absolute atomic E-state index is 0.147. The molecule has 0 radical (unpaired) electrons. The molecule has 0 aliphatic rings. The highest BCUT2D eigenvalue weighted by Gasteiger charge is 2.26. The van der Waals surface area contributed by atoms with Gasteiger partial charge < -0.3 is 29.8 Å². The lowest BCUT2D eigenvalue weighted by Gasteiger charge is -2.17. The second-order valence-electron chi connectivity index (χ2n) is 10.3. The number of nitrogens with one attached hydrogen (secondary N) is 1. The van der Waals surface area contributed by atoms with E-state index in [1.165, 1.54) is 12.4 Å². The van der Waals surface area contributed by atoms with Crippen LogP contribution in [-0.4, -0.2) is 33.7 Å². The van der Waals surface area contributed by atoms with E-state index in [0.29, 0.717) is 58.3 Å². The third-order valence-electron chi connectivity index (χ3n) is 7.54. The third kappa shape index (κ3) is 5.95. The predicted octanol–water partition coefficient (Wildman–Crippen LogP) is 6.97. The highest BCUT2D eigenvalue weighted by atomic mass is 19.1. The number of nitrogens with two attached hydrogens (primary N) is 1. The average molecular weight is 605 g/mol. The standard InChI is InChI=1S/C35H33FN6O3/c1-4-27-31-34(35(41-21-40-31)39-18-22-10-13-26(43-2)14-11-22)42(33(27)32-30(44-3)16-24(37)19-38-32)25-12-15-29(28(36)17-25)45-20-23-8-6-5-7-9-23/h5-17,19,21H,4,18,20,37H2,1-3H3,(H,39,40,41). The van der Waals surface area contributed by atoms with Crippen molar-refractivity contribution in [3.8, 4) is 34.3 Å². The summed E-state index contributed by atoms with van der Waals surface area (Å²) in [4.78, 5) is 14.0. The number of nitrogens with zero attached hydrogens (tertiary/aromatic N) is 4. The van der Waals surface area contributed by atoms with E-state index < -0.39 is 5.82 Å². The van der Waals surface area contributed by atoms with Gasteiger partial charge in [0.05, 0.1) is 37.3 Å². The zero-order valence-electron chi connectivity index (χ0n) is 25.3. The first-order valence-electron chi connectivity index (χ1n) is 14.5. The van der Waals surface area contributed by atoms with Gasteiger partial charge in [-0.25, -0.2) is 19.3 Å². The number of methoxy groups -OCH3 is 2. The summed E-state index contributed by atoms with van der Waals surface area (Å²) in [6.07, 6.45) is 3.72. The first-order valence-corrected chi connectivity index (χ1v) is 14.5. The molecule has 0 saturated heterocycles. The van der Waals surface area contributed by atoms with E-state index >= 15 is 4.39 Å². The molecule has 0 amide bonds. The third-order valence-corrected chi connectivity index (χ3v) is 7.54. The van der Waals surface area contributed by atoms with Crippen molar-refractivity contribution in [1.29, 1.82) is 0 Å². The molecular formula is C35H33FN6O3. The maximum Gasteiger partial charge on any atom is 0.167 e. The quantitative estimate of drug-likeness (QED) is 0.163. The van der Waals surface area contributed by atoms with Crippen molar-refractivity contribution in [2.24, 2.45) is 0 Å². The van der Waals surface area contributed by atoms with E-state index in [9.17, 15) is 0 Å². The monoisotopic (exact) mass is 604 g/mol. The molecule has 3 aromatic carbocycles. The van der Waals surface area contributed by atoms with Crippen molar-refractivity contribution < 1.29 is 18.6 Å². The molecule has 0 atom stereocenters.